The molecule has 2 fully saturated rings. The average Bonchev–Trinajstić information content (AvgIpc) is 3.33. The number of thiazole rings is 1. The number of rotatable bonds is 6. The van der Waals surface area contributed by atoms with Crippen LogP contribution in [0.1, 0.15) is 62.5 Å². The van der Waals surface area contributed by atoms with E-state index in [4.69, 9.17) is 9.47 Å². The maximum absolute atomic E-state index is 12.2. The summed E-state index contributed by atoms with van der Waals surface area (Å²) in [5.74, 6) is 1.48. The third-order valence-electron chi connectivity index (χ3n) is 5.01. The minimum atomic E-state index is -0.0703. The molecule has 144 valence electrons. The van der Waals surface area contributed by atoms with E-state index in [1.165, 1.54) is 37.0 Å². The van der Waals surface area contributed by atoms with Gasteiger partial charge >= 0.3 is 0 Å². The van der Waals surface area contributed by atoms with Gasteiger partial charge in [-0.3, -0.25) is 9.69 Å². The zero-order valence-electron chi connectivity index (χ0n) is 15.9. The highest BCUT2D eigenvalue weighted by atomic mass is 32.1. The van der Waals surface area contributed by atoms with Crippen LogP contribution in [-0.4, -0.2) is 41.2 Å². The Morgan fingerprint density at radius 1 is 1.46 bits per heavy atom. The van der Waals surface area contributed by atoms with Crippen molar-refractivity contribution in [3.8, 4) is 5.19 Å². The number of nitrogens with zero attached hydrogens (tertiary/aromatic N) is 2. The number of ether oxygens (including phenoxy) is 2. The molecule has 1 amide bonds. The van der Waals surface area contributed by atoms with Crippen molar-refractivity contribution in [1.29, 1.82) is 0 Å². The van der Waals surface area contributed by atoms with Crippen molar-refractivity contribution in [1.82, 2.24) is 15.2 Å². The Bertz CT molecular complexity index is 645. The Hall–Kier alpha value is -1.60. The first-order valence-corrected chi connectivity index (χ1v) is 10.2. The summed E-state index contributed by atoms with van der Waals surface area (Å²) in [6, 6.07) is 0. The van der Waals surface area contributed by atoms with Crippen molar-refractivity contribution in [3.63, 3.8) is 0 Å². The minimum absolute atomic E-state index is 0.0561. The van der Waals surface area contributed by atoms with Crippen LogP contribution in [0.2, 0.25) is 0 Å². The van der Waals surface area contributed by atoms with Gasteiger partial charge < -0.3 is 14.8 Å². The van der Waals surface area contributed by atoms with E-state index in [0.717, 1.165) is 24.6 Å². The van der Waals surface area contributed by atoms with Crippen LogP contribution >= 0.6 is 11.3 Å². The topological polar surface area (TPSA) is 63.7 Å². The van der Waals surface area contributed by atoms with Crippen LogP contribution < -0.4 is 10.1 Å². The van der Waals surface area contributed by atoms with E-state index in [-0.39, 0.29) is 11.4 Å². The van der Waals surface area contributed by atoms with Crippen LogP contribution in [-0.2, 0) is 4.74 Å². The summed E-state index contributed by atoms with van der Waals surface area (Å²) >= 11 is 1.25. The molecule has 0 aromatic carbocycles. The fourth-order valence-electron chi connectivity index (χ4n) is 3.25. The molecule has 1 aromatic rings. The van der Waals surface area contributed by atoms with Crippen molar-refractivity contribution in [2.45, 2.75) is 58.4 Å². The van der Waals surface area contributed by atoms with Gasteiger partial charge in [0, 0.05) is 12.1 Å². The molecule has 0 bridgehead atoms. The lowest BCUT2D eigenvalue weighted by atomic mass is 10.0. The van der Waals surface area contributed by atoms with Gasteiger partial charge in [-0.05, 0) is 33.1 Å². The Morgan fingerprint density at radius 3 is 2.92 bits per heavy atom. The molecule has 2 heterocycles. The number of aromatic nitrogens is 1. The van der Waals surface area contributed by atoms with Gasteiger partial charge in [0.25, 0.3) is 11.1 Å². The first kappa shape index (κ1) is 19.2. The predicted molar refractivity (Wildman–Crippen MR) is 102 cm³/mol. The Balaban J connectivity index is 1.44. The second-order valence-electron chi connectivity index (χ2n) is 8.03. The first-order chi connectivity index (χ1) is 12.4. The summed E-state index contributed by atoms with van der Waals surface area (Å²) in [5, 5.41) is 3.44. The molecule has 3 rings (SSSR count). The summed E-state index contributed by atoms with van der Waals surface area (Å²) < 4.78 is 11.2. The molecule has 1 aliphatic carbocycles. The number of carbonyl (C=O) groups is 1. The lowest BCUT2D eigenvalue weighted by molar-refractivity contribution is 0.0942. The molecule has 1 N–H and O–H groups in total. The molecule has 0 atom stereocenters. The van der Waals surface area contributed by atoms with E-state index < -0.39 is 0 Å². The molecule has 0 spiro atoms. The molecular formula is C19H29N3O3S. The maximum atomic E-state index is 12.2. The second-order valence-corrected chi connectivity index (χ2v) is 9.02. The normalized spacial score (nSPS) is 20.5. The van der Waals surface area contributed by atoms with Crippen LogP contribution in [0.15, 0.2) is 18.2 Å². The summed E-state index contributed by atoms with van der Waals surface area (Å²) in [4.78, 5) is 19.2. The number of hydrogen-bond acceptors (Lipinski definition) is 6. The molecule has 1 aromatic heterocycles. The van der Waals surface area contributed by atoms with Crippen molar-refractivity contribution >= 4 is 17.2 Å². The number of carbonyl (C=O) groups excluding carboxylic acids is 1. The molecule has 1 saturated carbocycles. The van der Waals surface area contributed by atoms with Crippen LogP contribution in [0, 0.1) is 5.92 Å². The van der Waals surface area contributed by atoms with Gasteiger partial charge in [0.15, 0.2) is 0 Å². The SMILES string of the molecule is CC(C)(C)N1COC(=COc2ncc(C(=O)NCCC3CCCC3)s2)C1. The highest BCUT2D eigenvalue weighted by molar-refractivity contribution is 7.15. The number of amides is 1. The smallest absolute Gasteiger partial charge is 0.278 e. The lowest BCUT2D eigenvalue weighted by Gasteiger charge is -2.28. The monoisotopic (exact) mass is 379 g/mol. The third-order valence-corrected chi connectivity index (χ3v) is 5.90. The van der Waals surface area contributed by atoms with Gasteiger partial charge in [0.05, 0.1) is 12.7 Å². The van der Waals surface area contributed by atoms with E-state index in [0.29, 0.717) is 23.3 Å². The Kier molecular flexibility index (Phi) is 6.19. The minimum Gasteiger partial charge on any atom is -0.478 e. The number of nitrogens with one attached hydrogen (secondary N) is 1. The quantitative estimate of drug-likeness (QED) is 0.763. The summed E-state index contributed by atoms with van der Waals surface area (Å²) in [6.45, 7) is 8.46. The van der Waals surface area contributed by atoms with Gasteiger partial charge in [-0.25, -0.2) is 4.98 Å². The highest BCUT2D eigenvalue weighted by Gasteiger charge is 2.28. The molecule has 1 aliphatic heterocycles. The summed E-state index contributed by atoms with van der Waals surface area (Å²) in [5.41, 5.74) is 0.0561. The fraction of sp³-hybridized carbons (Fsp3) is 0.684. The molecule has 7 heteroatoms. The number of hydrogen-bond donors (Lipinski definition) is 1. The van der Waals surface area contributed by atoms with Gasteiger partial charge in [0.1, 0.15) is 23.6 Å². The van der Waals surface area contributed by atoms with E-state index in [1.807, 2.05) is 0 Å². The zero-order valence-corrected chi connectivity index (χ0v) is 16.7. The second kappa shape index (κ2) is 8.39. The van der Waals surface area contributed by atoms with E-state index in [2.05, 4.69) is 36.0 Å². The molecule has 1 saturated heterocycles. The van der Waals surface area contributed by atoms with E-state index in [1.54, 1.807) is 12.5 Å². The first-order valence-electron chi connectivity index (χ1n) is 9.39. The zero-order chi connectivity index (χ0) is 18.6. The van der Waals surface area contributed by atoms with Gasteiger partial charge in [-0.1, -0.05) is 37.0 Å². The molecular weight excluding hydrogens is 350 g/mol. The summed E-state index contributed by atoms with van der Waals surface area (Å²) in [6.07, 6.45) is 9.51. The van der Waals surface area contributed by atoms with Crippen LogP contribution in [0.25, 0.3) is 0 Å². The fourth-order valence-corrected chi connectivity index (χ4v) is 3.91. The largest absolute Gasteiger partial charge is 0.478 e. The average molecular weight is 380 g/mol. The Labute approximate surface area is 159 Å². The lowest BCUT2D eigenvalue weighted by Crippen LogP contribution is -2.39. The van der Waals surface area contributed by atoms with Crippen molar-refractivity contribution < 1.29 is 14.3 Å². The van der Waals surface area contributed by atoms with Crippen LogP contribution in [0.4, 0.5) is 0 Å². The Morgan fingerprint density at radius 2 is 2.23 bits per heavy atom. The highest BCUT2D eigenvalue weighted by Crippen LogP contribution is 2.27. The van der Waals surface area contributed by atoms with Crippen LogP contribution in [0.5, 0.6) is 5.19 Å². The standard InChI is InChI=1S/C19H29N3O3S/c1-19(2,3)22-11-15(25-13-22)12-24-18-21-10-16(26-18)17(23)20-9-8-14-6-4-5-7-14/h10,12,14H,4-9,11,13H2,1-3H3,(H,20,23). The van der Waals surface area contributed by atoms with E-state index in [9.17, 15) is 4.79 Å². The van der Waals surface area contributed by atoms with Crippen LogP contribution in [0.3, 0.4) is 0 Å². The molecule has 6 nitrogen and oxygen atoms in total. The molecule has 26 heavy (non-hydrogen) atoms. The van der Waals surface area contributed by atoms with Crippen molar-refractivity contribution in [3.05, 3.63) is 23.1 Å². The van der Waals surface area contributed by atoms with Gasteiger partial charge in [0.2, 0.25) is 0 Å². The van der Waals surface area contributed by atoms with E-state index >= 15 is 0 Å². The van der Waals surface area contributed by atoms with Crippen molar-refractivity contribution in [2.75, 3.05) is 19.8 Å². The molecule has 2 aliphatic rings. The molecule has 0 radical (unpaired) electrons. The third kappa shape index (κ3) is 5.20. The predicted octanol–water partition coefficient (Wildman–Crippen LogP) is 3.76. The van der Waals surface area contributed by atoms with Gasteiger partial charge in [-0.15, -0.1) is 0 Å². The van der Waals surface area contributed by atoms with Crippen molar-refractivity contribution in [2.24, 2.45) is 5.92 Å². The maximum Gasteiger partial charge on any atom is 0.278 e. The van der Waals surface area contributed by atoms with Gasteiger partial charge in [-0.2, -0.15) is 0 Å². The summed E-state index contributed by atoms with van der Waals surface area (Å²) in [7, 11) is 0. The molecule has 0 unspecified atom stereocenters.